The molecule has 0 unspecified atom stereocenters. The number of carbonyl (C=O) groups excluding carboxylic acids is 3. The molecule has 1 aromatic heterocycles. The van der Waals surface area contributed by atoms with E-state index < -0.39 is 5.97 Å². The van der Waals surface area contributed by atoms with Crippen molar-refractivity contribution in [3.63, 3.8) is 0 Å². The average molecular weight is 613 g/mol. The summed E-state index contributed by atoms with van der Waals surface area (Å²) in [5, 5.41) is 6.76. The molecule has 5 rings (SSSR count). The number of thiazole rings is 1. The molecule has 44 heavy (non-hydrogen) atoms. The number of aromatic nitrogens is 1. The van der Waals surface area contributed by atoms with E-state index in [0.29, 0.717) is 64.5 Å². The van der Waals surface area contributed by atoms with Crippen molar-refractivity contribution in [2.24, 2.45) is 0 Å². The van der Waals surface area contributed by atoms with Gasteiger partial charge in [-0.2, -0.15) is 0 Å². The Balaban J connectivity index is 1.34. The van der Waals surface area contributed by atoms with E-state index in [2.05, 4.69) is 31.4 Å². The molecule has 1 aliphatic heterocycles. The summed E-state index contributed by atoms with van der Waals surface area (Å²) < 4.78 is 10.6. The number of anilines is 3. The minimum Gasteiger partial charge on any atom is -0.462 e. The largest absolute Gasteiger partial charge is 0.462 e. The molecule has 2 heterocycles. The summed E-state index contributed by atoms with van der Waals surface area (Å²) in [5.74, 6) is -0.395. The van der Waals surface area contributed by atoms with E-state index in [-0.39, 0.29) is 23.8 Å². The van der Waals surface area contributed by atoms with Crippen molar-refractivity contribution < 1.29 is 23.9 Å². The second kappa shape index (κ2) is 13.4. The summed E-state index contributed by atoms with van der Waals surface area (Å²) in [6.45, 7) is 10.6. The Morgan fingerprint density at radius 1 is 0.932 bits per heavy atom. The molecule has 0 bridgehead atoms. The zero-order chi connectivity index (χ0) is 31.3. The monoisotopic (exact) mass is 612 g/mol. The molecule has 0 saturated carbocycles. The maximum Gasteiger partial charge on any atom is 0.352 e. The van der Waals surface area contributed by atoms with Gasteiger partial charge in [-0.25, -0.2) is 9.78 Å². The van der Waals surface area contributed by atoms with Crippen molar-refractivity contribution in [3.05, 3.63) is 94.4 Å². The molecular weight excluding hydrogens is 576 g/mol. The molecule has 0 spiro atoms. The van der Waals surface area contributed by atoms with Crippen LogP contribution in [0.15, 0.2) is 72.8 Å². The quantitative estimate of drug-likeness (QED) is 0.212. The molecule has 10 heteroatoms. The highest BCUT2D eigenvalue weighted by Gasteiger charge is 2.22. The fourth-order valence-corrected chi connectivity index (χ4v) is 5.61. The molecule has 0 aliphatic carbocycles. The van der Waals surface area contributed by atoms with Gasteiger partial charge in [0, 0.05) is 41.2 Å². The van der Waals surface area contributed by atoms with E-state index in [4.69, 9.17) is 14.5 Å². The smallest absolute Gasteiger partial charge is 0.352 e. The summed E-state index contributed by atoms with van der Waals surface area (Å²) in [7, 11) is 0. The van der Waals surface area contributed by atoms with Crippen LogP contribution in [0.1, 0.15) is 63.6 Å². The molecule has 1 aliphatic rings. The molecule has 2 N–H and O–H groups in total. The van der Waals surface area contributed by atoms with E-state index in [1.165, 1.54) is 11.3 Å². The van der Waals surface area contributed by atoms with E-state index in [1.807, 2.05) is 48.5 Å². The Hall–Kier alpha value is -4.54. The van der Waals surface area contributed by atoms with Gasteiger partial charge in [-0.15, -0.1) is 11.3 Å². The number of hydrogen-bond donors (Lipinski definition) is 2. The maximum atomic E-state index is 13.0. The van der Waals surface area contributed by atoms with Crippen LogP contribution in [-0.2, 0) is 14.9 Å². The van der Waals surface area contributed by atoms with Crippen LogP contribution in [0.25, 0.3) is 10.6 Å². The number of carbonyl (C=O) groups is 3. The Bertz CT molecular complexity index is 1640. The average Bonchev–Trinajstić information content (AvgIpc) is 3.45. The molecule has 0 radical (unpaired) electrons. The van der Waals surface area contributed by atoms with Crippen LogP contribution in [0.4, 0.5) is 17.2 Å². The van der Waals surface area contributed by atoms with Gasteiger partial charge in [0.1, 0.15) is 5.01 Å². The van der Waals surface area contributed by atoms with Gasteiger partial charge in [-0.3, -0.25) is 9.59 Å². The molecule has 9 nitrogen and oxygen atoms in total. The third kappa shape index (κ3) is 7.32. The lowest BCUT2D eigenvalue weighted by Crippen LogP contribution is -2.40. The molecule has 2 amide bonds. The predicted octanol–water partition coefficient (Wildman–Crippen LogP) is 6.75. The summed E-state index contributed by atoms with van der Waals surface area (Å²) in [6.07, 6.45) is 0. The Kier molecular flexibility index (Phi) is 9.41. The zero-order valence-electron chi connectivity index (χ0n) is 25.3. The minimum absolute atomic E-state index is 0.00130. The molecule has 1 saturated heterocycles. The van der Waals surface area contributed by atoms with Crippen molar-refractivity contribution in [2.75, 3.05) is 43.5 Å². The number of rotatable bonds is 8. The van der Waals surface area contributed by atoms with Gasteiger partial charge in [0.2, 0.25) is 0 Å². The van der Waals surface area contributed by atoms with Crippen molar-refractivity contribution in [2.45, 2.75) is 33.1 Å². The summed E-state index contributed by atoms with van der Waals surface area (Å²) in [6, 6.07) is 22.0. The number of nitrogens with zero attached hydrogens (tertiary/aromatic N) is 2. The first-order valence-electron chi connectivity index (χ1n) is 14.6. The number of morpholine rings is 1. The molecular formula is C34H36N4O5S. The first kappa shape index (κ1) is 30.9. The number of ether oxygens (including phenoxy) is 2. The predicted molar refractivity (Wildman–Crippen MR) is 173 cm³/mol. The molecule has 0 atom stereocenters. The van der Waals surface area contributed by atoms with Gasteiger partial charge in [-0.05, 0) is 66.4 Å². The normalized spacial score (nSPS) is 13.3. The molecule has 1 fully saturated rings. The number of amides is 2. The lowest BCUT2D eigenvalue weighted by molar-refractivity contribution is 0.0303. The van der Waals surface area contributed by atoms with E-state index in [9.17, 15) is 14.4 Å². The van der Waals surface area contributed by atoms with Gasteiger partial charge in [0.05, 0.1) is 19.8 Å². The highest BCUT2D eigenvalue weighted by atomic mass is 32.1. The third-order valence-electron chi connectivity index (χ3n) is 7.16. The van der Waals surface area contributed by atoms with Crippen molar-refractivity contribution in [1.29, 1.82) is 0 Å². The van der Waals surface area contributed by atoms with Gasteiger partial charge in [0.25, 0.3) is 11.8 Å². The van der Waals surface area contributed by atoms with Crippen LogP contribution in [0, 0.1) is 0 Å². The van der Waals surface area contributed by atoms with Gasteiger partial charge >= 0.3 is 5.97 Å². The van der Waals surface area contributed by atoms with E-state index in [1.54, 1.807) is 36.1 Å². The fraction of sp³-hybridized carbons (Fsp3) is 0.294. The van der Waals surface area contributed by atoms with Gasteiger partial charge in [0.15, 0.2) is 10.7 Å². The van der Waals surface area contributed by atoms with E-state index in [0.717, 1.165) is 11.1 Å². The van der Waals surface area contributed by atoms with Crippen LogP contribution >= 0.6 is 11.3 Å². The van der Waals surface area contributed by atoms with Crippen molar-refractivity contribution in [3.8, 4) is 10.6 Å². The molecule has 3 aromatic carbocycles. The highest BCUT2D eigenvalue weighted by molar-refractivity contribution is 7.17. The zero-order valence-corrected chi connectivity index (χ0v) is 26.1. The molecule has 4 aromatic rings. The molecule has 228 valence electrons. The Morgan fingerprint density at radius 3 is 2.27 bits per heavy atom. The summed E-state index contributed by atoms with van der Waals surface area (Å²) in [4.78, 5) is 45.5. The highest BCUT2D eigenvalue weighted by Crippen LogP contribution is 2.34. The van der Waals surface area contributed by atoms with Crippen LogP contribution < -0.4 is 10.6 Å². The standard InChI is InChI=1S/C34H36N4O5S/c1-5-43-33(41)28-29(35-26-15-11-23(12-16-26)32(40)38-17-19-42-20-18-38)37-31(44-28)24-7-6-8-27(21-24)36-30(39)22-9-13-25(14-10-22)34(2,3)4/h6-16,21,35H,5,17-20H2,1-4H3,(H,36,39). The number of benzene rings is 3. The van der Waals surface area contributed by atoms with Crippen LogP contribution in [0.2, 0.25) is 0 Å². The SMILES string of the molecule is CCOC(=O)c1sc(-c2cccc(NC(=O)c3ccc(C(C)(C)C)cc3)c2)nc1Nc1ccc(C(=O)N2CCOCC2)cc1. The Morgan fingerprint density at radius 2 is 1.61 bits per heavy atom. The fourth-order valence-electron chi connectivity index (χ4n) is 4.70. The number of nitrogens with one attached hydrogen (secondary N) is 2. The lowest BCUT2D eigenvalue weighted by Gasteiger charge is -2.26. The minimum atomic E-state index is -0.485. The first-order valence-corrected chi connectivity index (χ1v) is 15.4. The lowest BCUT2D eigenvalue weighted by atomic mass is 9.87. The number of hydrogen-bond acceptors (Lipinski definition) is 8. The third-order valence-corrected chi connectivity index (χ3v) is 8.25. The first-order chi connectivity index (χ1) is 21.1. The maximum absolute atomic E-state index is 13.0. The van der Waals surface area contributed by atoms with Crippen molar-refractivity contribution in [1.82, 2.24) is 9.88 Å². The Labute approximate surface area is 261 Å². The topological polar surface area (TPSA) is 110 Å². The van der Waals surface area contributed by atoms with Crippen LogP contribution in [0.5, 0.6) is 0 Å². The second-order valence-corrected chi connectivity index (χ2v) is 12.4. The van der Waals surface area contributed by atoms with Gasteiger partial charge in [-0.1, -0.05) is 45.0 Å². The van der Waals surface area contributed by atoms with Gasteiger partial charge < -0.3 is 25.0 Å². The van der Waals surface area contributed by atoms with E-state index >= 15 is 0 Å². The van der Waals surface area contributed by atoms with Crippen LogP contribution in [-0.4, -0.2) is 60.6 Å². The van der Waals surface area contributed by atoms with Crippen molar-refractivity contribution >= 4 is 46.3 Å². The summed E-state index contributed by atoms with van der Waals surface area (Å²) >= 11 is 1.20. The number of esters is 1. The summed E-state index contributed by atoms with van der Waals surface area (Å²) in [5.41, 5.74) is 4.30. The van der Waals surface area contributed by atoms with Crippen LogP contribution in [0.3, 0.4) is 0 Å². The second-order valence-electron chi connectivity index (χ2n) is 11.4.